The minimum absolute atomic E-state index is 0.0544. The lowest BCUT2D eigenvalue weighted by molar-refractivity contribution is 0.339. The molecule has 0 radical (unpaired) electrons. The van der Waals surface area contributed by atoms with Crippen LogP contribution in [0.1, 0.15) is 5.56 Å². The van der Waals surface area contributed by atoms with Crippen LogP contribution < -0.4 is 14.8 Å². The van der Waals surface area contributed by atoms with Gasteiger partial charge in [0.2, 0.25) is 5.75 Å². The topological polar surface area (TPSA) is 50.7 Å². The molecule has 2 aromatic rings. The van der Waals surface area contributed by atoms with Crippen LogP contribution in [0, 0.1) is 5.82 Å². The van der Waals surface area contributed by atoms with E-state index in [1.54, 1.807) is 18.2 Å². The molecule has 2 N–H and O–H groups in total. The maximum atomic E-state index is 13.4. The van der Waals surface area contributed by atoms with Gasteiger partial charge in [-0.05, 0) is 35.9 Å². The van der Waals surface area contributed by atoms with Gasteiger partial charge in [-0.3, -0.25) is 0 Å². The van der Waals surface area contributed by atoms with E-state index in [0.29, 0.717) is 23.7 Å². The third-order valence-corrected chi connectivity index (χ3v) is 3.26. The van der Waals surface area contributed by atoms with E-state index in [9.17, 15) is 9.50 Å². The van der Waals surface area contributed by atoms with Crippen LogP contribution >= 0.6 is 11.6 Å². The number of nitrogens with one attached hydrogen (secondary N) is 1. The minimum atomic E-state index is -0.484. The number of halogens is 2. The zero-order valence-electron chi connectivity index (χ0n) is 11.6. The number of phenolic OH excluding ortho intramolecular Hbond substituents is 1. The van der Waals surface area contributed by atoms with Gasteiger partial charge in [-0.15, -0.1) is 0 Å². The molecule has 112 valence electrons. The number of hydrogen-bond donors (Lipinski definition) is 2. The predicted octanol–water partition coefficient (Wildman–Crippen LogP) is 3.81. The summed E-state index contributed by atoms with van der Waals surface area (Å²) in [6.07, 6.45) is 0. The summed E-state index contributed by atoms with van der Waals surface area (Å²) >= 11 is 5.63. The summed E-state index contributed by atoms with van der Waals surface area (Å²) in [6.45, 7) is 0.411. The summed E-state index contributed by atoms with van der Waals surface area (Å²) in [5.41, 5.74) is 1.42. The molecule has 0 unspecified atom stereocenters. The number of hydrogen-bond acceptors (Lipinski definition) is 4. The summed E-state index contributed by atoms with van der Waals surface area (Å²) in [7, 11) is 2.92. The molecule has 0 bridgehead atoms. The molecule has 2 aromatic carbocycles. The summed E-state index contributed by atoms with van der Waals surface area (Å²) in [5, 5.41) is 13.0. The second kappa shape index (κ2) is 6.54. The first-order valence-corrected chi connectivity index (χ1v) is 6.55. The van der Waals surface area contributed by atoms with Crippen molar-refractivity contribution >= 4 is 17.3 Å². The Kier molecular flexibility index (Phi) is 4.75. The first-order chi connectivity index (χ1) is 10.0. The SMILES string of the molecule is COc1cc(CNc2ccc(Cl)c(F)c2)cc(OC)c1O. The fourth-order valence-electron chi connectivity index (χ4n) is 1.86. The Balaban J connectivity index is 2.17. The summed E-state index contributed by atoms with van der Waals surface area (Å²) in [4.78, 5) is 0. The van der Waals surface area contributed by atoms with E-state index in [1.807, 2.05) is 0 Å². The van der Waals surface area contributed by atoms with Crippen molar-refractivity contribution in [2.24, 2.45) is 0 Å². The molecular formula is C15H15ClFNO3. The van der Waals surface area contributed by atoms with Gasteiger partial charge in [0.05, 0.1) is 19.2 Å². The van der Waals surface area contributed by atoms with Crippen LogP contribution in [0.25, 0.3) is 0 Å². The highest BCUT2D eigenvalue weighted by Gasteiger charge is 2.11. The standard InChI is InChI=1S/C15H15ClFNO3/c1-20-13-5-9(6-14(21-2)15(13)19)8-18-10-3-4-11(16)12(17)7-10/h3-7,18-19H,8H2,1-2H3. The Hall–Kier alpha value is -2.14. The average Bonchev–Trinajstić information content (AvgIpc) is 2.49. The summed E-state index contributed by atoms with van der Waals surface area (Å²) in [6, 6.07) is 7.84. The molecule has 0 amide bonds. The minimum Gasteiger partial charge on any atom is -0.502 e. The molecule has 6 heteroatoms. The number of methoxy groups -OCH3 is 2. The fraction of sp³-hybridized carbons (Fsp3) is 0.200. The largest absolute Gasteiger partial charge is 0.502 e. The molecule has 4 nitrogen and oxygen atoms in total. The van der Waals surface area contributed by atoms with Crippen LogP contribution in [0.15, 0.2) is 30.3 Å². The Labute approximate surface area is 127 Å². The molecule has 0 spiro atoms. The smallest absolute Gasteiger partial charge is 0.200 e. The Morgan fingerprint density at radius 2 is 1.76 bits per heavy atom. The van der Waals surface area contributed by atoms with Gasteiger partial charge in [0.15, 0.2) is 11.5 Å². The van der Waals surface area contributed by atoms with Gasteiger partial charge >= 0.3 is 0 Å². The van der Waals surface area contributed by atoms with Gasteiger partial charge in [0, 0.05) is 12.2 Å². The Morgan fingerprint density at radius 1 is 1.14 bits per heavy atom. The number of anilines is 1. The van der Waals surface area contributed by atoms with Crippen LogP contribution in [0.5, 0.6) is 17.2 Å². The first-order valence-electron chi connectivity index (χ1n) is 6.18. The van der Waals surface area contributed by atoms with Crippen LogP contribution in [-0.2, 0) is 6.54 Å². The molecule has 0 heterocycles. The zero-order chi connectivity index (χ0) is 15.4. The zero-order valence-corrected chi connectivity index (χ0v) is 12.4. The predicted molar refractivity (Wildman–Crippen MR) is 79.9 cm³/mol. The van der Waals surface area contributed by atoms with E-state index in [2.05, 4.69) is 5.32 Å². The molecule has 0 aromatic heterocycles. The first kappa shape index (κ1) is 15.3. The highest BCUT2D eigenvalue weighted by atomic mass is 35.5. The van der Waals surface area contributed by atoms with Gasteiger partial charge in [-0.2, -0.15) is 0 Å². The van der Waals surface area contributed by atoms with E-state index in [4.69, 9.17) is 21.1 Å². The fourth-order valence-corrected chi connectivity index (χ4v) is 1.98. The maximum absolute atomic E-state index is 13.4. The van der Waals surface area contributed by atoms with Crippen molar-refractivity contribution in [3.8, 4) is 17.2 Å². The molecule has 0 saturated heterocycles. The molecule has 0 aliphatic heterocycles. The number of phenols is 1. The number of benzene rings is 2. The average molecular weight is 312 g/mol. The van der Waals surface area contributed by atoms with Crippen molar-refractivity contribution < 1.29 is 19.0 Å². The molecule has 0 aliphatic carbocycles. The van der Waals surface area contributed by atoms with Crippen molar-refractivity contribution in [1.82, 2.24) is 0 Å². The van der Waals surface area contributed by atoms with Gasteiger partial charge in [-0.1, -0.05) is 11.6 Å². The lowest BCUT2D eigenvalue weighted by Gasteiger charge is -2.12. The van der Waals surface area contributed by atoms with E-state index in [-0.39, 0.29) is 10.8 Å². The highest BCUT2D eigenvalue weighted by Crippen LogP contribution is 2.37. The third-order valence-electron chi connectivity index (χ3n) is 2.96. The molecule has 21 heavy (non-hydrogen) atoms. The molecule has 0 fully saturated rings. The van der Waals surface area contributed by atoms with E-state index in [1.165, 1.54) is 26.4 Å². The van der Waals surface area contributed by atoms with Crippen molar-refractivity contribution in [3.63, 3.8) is 0 Å². The van der Waals surface area contributed by atoms with Gasteiger partial charge in [-0.25, -0.2) is 4.39 Å². The molecule has 2 rings (SSSR count). The van der Waals surface area contributed by atoms with Crippen molar-refractivity contribution in [2.45, 2.75) is 6.54 Å². The van der Waals surface area contributed by atoms with Gasteiger partial charge in [0.25, 0.3) is 0 Å². The molecule has 0 saturated carbocycles. The Bertz CT molecular complexity index is 624. The second-order valence-corrected chi connectivity index (χ2v) is 4.74. The van der Waals surface area contributed by atoms with Gasteiger partial charge in [0.1, 0.15) is 5.82 Å². The van der Waals surface area contributed by atoms with Crippen LogP contribution in [0.4, 0.5) is 10.1 Å². The van der Waals surface area contributed by atoms with E-state index < -0.39 is 5.82 Å². The molecular weight excluding hydrogens is 297 g/mol. The number of ether oxygens (including phenoxy) is 2. The van der Waals surface area contributed by atoms with Crippen LogP contribution in [0.2, 0.25) is 5.02 Å². The second-order valence-electron chi connectivity index (χ2n) is 4.33. The maximum Gasteiger partial charge on any atom is 0.200 e. The molecule has 0 aliphatic rings. The highest BCUT2D eigenvalue weighted by molar-refractivity contribution is 6.30. The molecule has 0 atom stereocenters. The van der Waals surface area contributed by atoms with Crippen molar-refractivity contribution in [1.29, 1.82) is 0 Å². The van der Waals surface area contributed by atoms with Gasteiger partial charge < -0.3 is 19.9 Å². The van der Waals surface area contributed by atoms with Crippen LogP contribution in [-0.4, -0.2) is 19.3 Å². The number of aromatic hydroxyl groups is 1. The lowest BCUT2D eigenvalue weighted by Crippen LogP contribution is -2.01. The number of rotatable bonds is 5. The van der Waals surface area contributed by atoms with E-state index in [0.717, 1.165) is 5.56 Å². The van der Waals surface area contributed by atoms with Crippen molar-refractivity contribution in [2.75, 3.05) is 19.5 Å². The van der Waals surface area contributed by atoms with Crippen molar-refractivity contribution in [3.05, 3.63) is 46.7 Å². The summed E-state index contributed by atoms with van der Waals surface area (Å²) in [5.74, 6) is 0.0886. The van der Waals surface area contributed by atoms with Crippen LogP contribution in [0.3, 0.4) is 0 Å². The lowest BCUT2D eigenvalue weighted by atomic mass is 10.1. The normalized spacial score (nSPS) is 10.3. The third kappa shape index (κ3) is 3.49. The summed E-state index contributed by atoms with van der Waals surface area (Å²) < 4.78 is 23.5. The quantitative estimate of drug-likeness (QED) is 0.881. The van der Waals surface area contributed by atoms with E-state index >= 15 is 0 Å². The monoisotopic (exact) mass is 311 g/mol. The Morgan fingerprint density at radius 3 is 2.29 bits per heavy atom.